The average molecular weight is 420 g/mol. The molecular formula is C28H19LiN3O+. The van der Waals surface area contributed by atoms with Gasteiger partial charge in [-0.1, -0.05) is 54.6 Å². The maximum Gasteiger partial charge on any atom is 1.00 e. The molecule has 152 valence electrons. The first kappa shape index (κ1) is 21.0. The van der Waals surface area contributed by atoms with E-state index in [1.807, 2.05) is 84.9 Å². The van der Waals surface area contributed by atoms with Crippen LogP contribution in [0.15, 0.2) is 109 Å². The van der Waals surface area contributed by atoms with Gasteiger partial charge >= 0.3 is 18.9 Å². The molecule has 0 aliphatic heterocycles. The van der Waals surface area contributed by atoms with E-state index < -0.39 is 0 Å². The molecule has 4 aromatic carbocycles. The van der Waals surface area contributed by atoms with Crippen LogP contribution in [0.2, 0.25) is 0 Å². The molecule has 0 unspecified atom stereocenters. The number of nitrogens with one attached hydrogen (secondary N) is 1. The monoisotopic (exact) mass is 420 g/mol. The van der Waals surface area contributed by atoms with Gasteiger partial charge in [-0.3, -0.25) is 4.57 Å². The van der Waals surface area contributed by atoms with Gasteiger partial charge in [-0.2, -0.15) is 0 Å². The van der Waals surface area contributed by atoms with Crippen LogP contribution >= 0.6 is 0 Å². The SMILES string of the molecule is [Li+].[O-]c1c(-c2cccc(-c3nc4ccccc4n3-c3ccccc3)c2)ccc2ccc[nH+]c12. The van der Waals surface area contributed by atoms with Gasteiger partial charge < -0.3 is 5.11 Å². The van der Waals surface area contributed by atoms with E-state index in [0.717, 1.165) is 39.1 Å². The second kappa shape index (κ2) is 8.59. The van der Waals surface area contributed by atoms with Crippen molar-refractivity contribution in [3.05, 3.63) is 109 Å². The van der Waals surface area contributed by atoms with Crippen molar-refractivity contribution in [2.24, 2.45) is 0 Å². The van der Waals surface area contributed by atoms with Crippen molar-refractivity contribution in [3.63, 3.8) is 0 Å². The fourth-order valence-electron chi connectivity index (χ4n) is 4.28. The molecule has 2 aromatic heterocycles. The molecule has 33 heavy (non-hydrogen) atoms. The van der Waals surface area contributed by atoms with Crippen molar-refractivity contribution in [3.8, 4) is 34.0 Å². The minimum absolute atomic E-state index is 0. The van der Waals surface area contributed by atoms with Crippen molar-refractivity contribution in [2.75, 3.05) is 0 Å². The van der Waals surface area contributed by atoms with Crippen LogP contribution < -0.4 is 29.0 Å². The molecule has 6 rings (SSSR count). The van der Waals surface area contributed by atoms with E-state index in [4.69, 9.17) is 4.98 Å². The smallest absolute Gasteiger partial charge is 0.868 e. The molecule has 4 nitrogen and oxygen atoms in total. The Hall–Kier alpha value is -3.84. The van der Waals surface area contributed by atoms with Gasteiger partial charge in [-0.25, -0.2) is 9.97 Å². The van der Waals surface area contributed by atoms with Gasteiger partial charge in [-0.15, -0.1) is 0 Å². The third-order valence-electron chi connectivity index (χ3n) is 5.80. The summed E-state index contributed by atoms with van der Waals surface area (Å²) < 4.78 is 2.17. The zero-order chi connectivity index (χ0) is 21.5. The fourth-order valence-corrected chi connectivity index (χ4v) is 4.28. The summed E-state index contributed by atoms with van der Waals surface area (Å²) in [6, 6.07) is 34.1. The number of aromatic amines is 1. The van der Waals surface area contributed by atoms with E-state index in [1.54, 1.807) is 6.20 Å². The van der Waals surface area contributed by atoms with Gasteiger partial charge in [0.2, 0.25) is 5.52 Å². The van der Waals surface area contributed by atoms with Crippen molar-refractivity contribution in [2.45, 2.75) is 0 Å². The van der Waals surface area contributed by atoms with Crippen LogP contribution in [0.1, 0.15) is 0 Å². The Morgan fingerprint density at radius 3 is 2.39 bits per heavy atom. The quantitative estimate of drug-likeness (QED) is 0.413. The molecule has 0 amide bonds. The molecule has 0 saturated heterocycles. The third-order valence-corrected chi connectivity index (χ3v) is 5.80. The number of pyridine rings is 1. The summed E-state index contributed by atoms with van der Waals surface area (Å²) in [7, 11) is 0. The van der Waals surface area contributed by atoms with E-state index in [2.05, 4.69) is 27.8 Å². The van der Waals surface area contributed by atoms with Crippen molar-refractivity contribution >= 4 is 21.9 Å². The maximum atomic E-state index is 13.2. The topological polar surface area (TPSA) is 55.0 Å². The molecule has 0 aliphatic carbocycles. The van der Waals surface area contributed by atoms with Crippen LogP contribution in [-0.2, 0) is 0 Å². The summed E-state index contributed by atoms with van der Waals surface area (Å²) in [6.07, 6.45) is 1.78. The summed E-state index contributed by atoms with van der Waals surface area (Å²) in [5, 5.41) is 14.1. The number of benzene rings is 4. The molecule has 0 aliphatic rings. The van der Waals surface area contributed by atoms with Crippen LogP contribution in [0, 0.1) is 0 Å². The zero-order valence-electron chi connectivity index (χ0n) is 18.2. The minimum Gasteiger partial charge on any atom is -0.868 e. The van der Waals surface area contributed by atoms with Crippen LogP contribution in [0.25, 0.3) is 50.1 Å². The Morgan fingerprint density at radius 2 is 1.52 bits per heavy atom. The van der Waals surface area contributed by atoms with Gasteiger partial charge in [0.05, 0.1) is 11.0 Å². The minimum atomic E-state index is -0.00295. The van der Waals surface area contributed by atoms with Gasteiger partial charge in [-0.05, 0) is 59.3 Å². The molecule has 2 heterocycles. The standard InChI is InChI=1S/C28H19N3O.Li/c32-27-23(16-15-19-10-7-17-29-26(19)27)20-8-6-9-21(18-20)28-30-24-13-4-5-14-25(24)31(28)22-11-2-1-3-12-22;/h1-18,32H;/q;+1. The predicted molar refractivity (Wildman–Crippen MR) is 125 cm³/mol. The van der Waals surface area contributed by atoms with Gasteiger partial charge in [0.25, 0.3) is 0 Å². The summed E-state index contributed by atoms with van der Waals surface area (Å²) >= 11 is 0. The van der Waals surface area contributed by atoms with Crippen molar-refractivity contribution in [1.82, 2.24) is 9.55 Å². The Kier molecular flexibility index (Phi) is 5.48. The Morgan fingerprint density at radius 1 is 0.727 bits per heavy atom. The van der Waals surface area contributed by atoms with Gasteiger partial charge in [0.1, 0.15) is 5.82 Å². The van der Waals surface area contributed by atoms with E-state index >= 15 is 0 Å². The first-order valence-corrected chi connectivity index (χ1v) is 10.5. The second-order valence-corrected chi connectivity index (χ2v) is 7.75. The van der Waals surface area contributed by atoms with E-state index in [-0.39, 0.29) is 24.6 Å². The first-order chi connectivity index (χ1) is 15.8. The number of H-pyrrole nitrogens is 1. The number of nitrogens with zero attached hydrogens (tertiary/aromatic N) is 2. The Bertz CT molecular complexity index is 1590. The van der Waals surface area contributed by atoms with E-state index in [1.165, 1.54) is 0 Å². The Balaban J connectivity index is 0.00000228. The van der Waals surface area contributed by atoms with Gasteiger partial charge in [0, 0.05) is 22.7 Å². The normalized spacial score (nSPS) is 10.9. The van der Waals surface area contributed by atoms with Gasteiger partial charge in [0.15, 0.2) is 6.20 Å². The maximum absolute atomic E-state index is 13.2. The summed E-state index contributed by atoms with van der Waals surface area (Å²) in [5.74, 6) is 0.843. The average Bonchev–Trinajstić information content (AvgIpc) is 3.25. The number of imidazole rings is 1. The molecule has 1 N–H and O–H groups in total. The molecule has 6 aromatic rings. The number of hydrogen-bond donors (Lipinski definition) is 0. The zero-order valence-corrected chi connectivity index (χ0v) is 18.2. The number of hydrogen-bond acceptors (Lipinski definition) is 2. The number of fused-ring (bicyclic) bond motifs is 2. The van der Waals surface area contributed by atoms with Crippen molar-refractivity contribution in [1.29, 1.82) is 0 Å². The van der Waals surface area contributed by atoms with Crippen LogP contribution in [0.5, 0.6) is 5.75 Å². The number of rotatable bonds is 3. The summed E-state index contributed by atoms with van der Waals surface area (Å²) in [5.41, 5.74) is 6.14. The second-order valence-electron chi connectivity index (χ2n) is 7.75. The molecule has 0 spiro atoms. The summed E-state index contributed by atoms with van der Waals surface area (Å²) in [6.45, 7) is 0. The molecule has 0 saturated carbocycles. The largest absolute Gasteiger partial charge is 1.00 e. The number of aromatic nitrogens is 3. The molecule has 0 fully saturated rings. The first-order valence-electron chi connectivity index (χ1n) is 10.5. The molecule has 0 radical (unpaired) electrons. The van der Waals surface area contributed by atoms with Crippen LogP contribution in [0.3, 0.4) is 0 Å². The molecule has 0 bridgehead atoms. The molecule has 5 heteroatoms. The Labute approximate surface area is 203 Å². The molecule has 0 atom stereocenters. The molecular weight excluding hydrogens is 401 g/mol. The van der Waals surface area contributed by atoms with E-state index in [9.17, 15) is 5.11 Å². The number of para-hydroxylation sites is 3. The summed E-state index contributed by atoms with van der Waals surface area (Å²) in [4.78, 5) is 8.04. The van der Waals surface area contributed by atoms with Crippen LogP contribution in [0.4, 0.5) is 0 Å². The van der Waals surface area contributed by atoms with Crippen LogP contribution in [-0.4, -0.2) is 9.55 Å². The fraction of sp³-hybridized carbons (Fsp3) is 0. The van der Waals surface area contributed by atoms with E-state index in [0.29, 0.717) is 11.1 Å². The predicted octanol–water partition coefficient (Wildman–Crippen LogP) is 2.40. The third kappa shape index (κ3) is 3.60. The van der Waals surface area contributed by atoms with Crippen molar-refractivity contribution < 1.29 is 29.0 Å².